The van der Waals surface area contributed by atoms with Crippen LogP contribution in [0.5, 0.6) is 5.75 Å². The topological polar surface area (TPSA) is 42.4 Å². The third-order valence-corrected chi connectivity index (χ3v) is 9.47. The van der Waals surface area contributed by atoms with E-state index in [-0.39, 0.29) is 5.91 Å². The van der Waals surface area contributed by atoms with Gasteiger partial charge in [0.05, 0.1) is 12.1 Å². The smallest absolute Gasteiger partial charge is 0.265 e. The molecule has 1 fully saturated rings. The minimum absolute atomic E-state index is 0.00420. The molecule has 0 saturated heterocycles. The molecule has 4 aromatic rings. The Balaban J connectivity index is 1.51. The van der Waals surface area contributed by atoms with E-state index in [1.54, 1.807) is 7.11 Å². The number of rotatable bonds is 7. The number of aromatic nitrogens is 1. The zero-order valence-corrected chi connectivity index (χ0v) is 24.2. The van der Waals surface area contributed by atoms with Crippen LogP contribution in [0.1, 0.15) is 59.2 Å². The van der Waals surface area contributed by atoms with E-state index < -0.39 is 0 Å². The second-order valence-electron chi connectivity index (χ2n) is 10.7. The van der Waals surface area contributed by atoms with Crippen LogP contribution in [-0.2, 0) is 6.54 Å². The Morgan fingerprint density at radius 2 is 1.84 bits per heavy atom. The molecular weight excluding hydrogens is 512 g/mol. The molecule has 2 heterocycles. The van der Waals surface area contributed by atoms with Crippen molar-refractivity contribution in [3.05, 3.63) is 81.4 Å². The zero-order valence-electron chi connectivity index (χ0n) is 22.6. The van der Waals surface area contributed by atoms with Gasteiger partial charge in [0.15, 0.2) is 0 Å². The molecule has 0 spiro atoms. The summed E-state index contributed by atoms with van der Waals surface area (Å²) in [5.74, 6) is 2.02. The Morgan fingerprint density at radius 3 is 2.55 bits per heavy atom. The van der Waals surface area contributed by atoms with Gasteiger partial charge in [-0.3, -0.25) is 9.78 Å². The van der Waals surface area contributed by atoms with E-state index in [9.17, 15) is 4.79 Å². The van der Waals surface area contributed by atoms with Crippen molar-refractivity contribution in [2.24, 2.45) is 11.8 Å². The SMILES string of the molecule is COc1ccc(-c2ccc(C)nc2C)cc1CN(CC1CCC(C)CC1)C(=O)c1sc2ccccc2c1Cl. The first-order valence-corrected chi connectivity index (χ1v) is 14.6. The third-order valence-electron chi connectivity index (χ3n) is 7.81. The summed E-state index contributed by atoms with van der Waals surface area (Å²) in [7, 11) is 1.69. The van der Waals surface area contributed by atoms with Crippen molar-refractivity contribution < 1.29 is 9.53 Å². The van der Waals surface area contributed by atoms with Crippen molar-refractivity contribution >= 4 is 38.9 Å². The lowest BCUT2D eigenvalue weighted by molar-refractivity contribution is 0.0696. The number of ether oxygens (including phenoxy) is 1. The largest absolute Gasteiger partial charge is 0.496 e. The fourth-order valence-corrected chi connectivity index (χ4v) is 7.08. The van der Waals surface area contributed by atoms with Crippen molar-refractivity contribution in [1.82, 2.24) is 9.88 Å². The summed E-state index contributed by atoms with van der Waals surface area (Å²) in [6, 6.07) is 18.3. The number of hydrogen-bond acceptors (Lipinski definition) is 4. The van der Waals surface area contributed by atoms with Crippen LogP contribution in [0.15, 0.2) is 54.6 Å². The zero-order chi connectivity index (χ0) is 26.8. The molecule has 38 heavy (non-hydrogen) atoms. The summed E-state index contributed by atoms with van der Waals surface area (Å²) in [6.07, 6.45) is 4.73. The first kappa shape index (κ1) is 26.7. The number of carbonyl (C=O) groups is 1. The van der Waals surface area contributed by atoms with Gasteiger partial charge in [-0.2, -0.15) is 0 Å². The number of pyridine rings is 1. The number of halogens is 1. The predicted molar refractivity (Wildman–Crippen MR) is 158 cm³/mol. The number of nitrogens with zero attached hydrogens (tertiary/aromatic N) is 2. The lowest BCUT2D eigenvalue weighted by Crippen LogP contribution is -2.36. The van der Waals surface area contributed by atoms with Crippen LogP contribution >= 0.6 is 22.9 Å². The van der Waals surface area contributed by atoms with Crippen LogP contribution in [0.3, 0.4) is 0 Å². The summed E-state index contributed by atoms with van der Waals surface area (Å²) in [5.41, 5.74) is 5.14. The number of fused-ring (bicyclic) bond motifs is 1. The number of thiophene rings is 1. The lowest BCUT2D eigenvalue weighted by Gasteiger charge is -2.32. The number of aryl methyl sites for hydroxylation is 2. The Hall–Kier alpha value is -2.89. The van der Waals surface area contributed by atoms with Gasteiger partial charge in [-0.1, -0.05) is 61.7 Å². The number of benzene rings is 2. The fourth-order valence-electron chi connectivity index (χ4n) is 5.60. The van der Waals surface area contributed by atoms with Crippen molar-refractivity contribution in [3.63, 3.8) is 0 Å². The summed E-state index contributed by atoms with van der Waals surface area (Å²) in [4.78, 5) is 21.4. The van der Waals surface area contributed by atoms with Crippen LogP contribution in [0.2, 0.25) is 5.02 Å². The summed E-state index contributed by atoms with van der Waals surface area (Å²) in [6.45, 7) is 7.55. The molecule has 0 aliphatic heterocycles. The standard InChI is InChI=1S/C32H35ClN2O2S/c1-20-9-12-23(13-10-20)18-35(32(36)31-30(33)27-7-5-6-8-29(27)38-31)19-25-17-24(14-16-28(25)37-4)26-15-11-21(2)34-22(26)3/h5-8,11,14-17,20,23H,9-10,12-13,18-19H2,1-4H3. The molecule has 6 heteroatoms. The normalized spacial score (nSPS) is 17.5. The molecule has 2 aromatic heterocycles. The highest BCUT2D eigenvalue weighted by molar-refractivity contribution is 7.21. The van der Waals surface area contributed by atoms with E-state index in [1.807, 2.05) is 55.1 Å². The van der Waals surface area contributed by atoms with E-state index in [1.165, 1.54) is 24.2 Å². The molecule has 1 aliphatic rings. The average Bonchev–Trinajstić information content (AvgIpc) is 3.25. The monoisotopic (exact) mass is 546 g/mol. The summed E-state index contributed by atoms with van der Waals surface area (Å²) >= 11 is 8.27. The molecule has 198 valence electrons. The Bertz CT molecular complexity index is 1460. The first-order valence-electron chi connectivity index (χ1n) is 13.4. The highest BCUT2D eigenvalue weighted by atomic mass is 35.5. The molecule has 0 bridgehead atoms. The second kappa shape index (κ2) is 11.5. The second-order valence-corrected chi connectivity index (χ2v) is 12.1. The van der Waals surface area contributed by atoms with Gasteiger partial charge in [0.1, 0.15) is 10.6 Å². The molecule has 2 aromatic carbocycles. The van der Waals surface area contributed by atoms with Gasteiger partial charge >= 0.3 is 0 Å². The molecule has 1 aliphatic carbocycles. The van der Waals surface area contributed by atoms with Crippen LogP contribution in [0.4, 0.5) is 0 Å². The van der Waals surface area contributed by atoms with E-state index in [4.69, 9.17) is 16.3 Å². The summed E-state index contributed by atoms with van der Waals surface area (Å²) in [5, 5.41) is 1.50. The van der Waals surface area contributed by atoms with Crippen molar-refractivity contribution in [3.8, 4) is 16.9 Å². The van der Waals surface area contributed by atoms with Crippen molar-refractivity contribution in [2.45, 2.75) is 53.0 Å². The van der Waals surface area contributed by atoms with E-state index >= 15 is 0 Å². The van der Waals surface area contributed by atoms with Gasteiger partial charge in [-0.05, 0) is 68.4 Å². The number of amides is 1. The first-order chi connectivity index (χ1) is 18.3. The van der Waals surface area contributed by atoms with Crippen LogP contribution in [-0.4, -0.2) is 29.4 Å². The van der Waals surface area contributed by atoms with Gasteiger partial charge in [-0.25, -0.2) is 0 Å². The van der Waals surface area contributed by atoms with Crippen LogP contribution in [0.25, 0.3) is 21.2 Å². The molecule has 0 N–H and O–H groups in total. The average molecular weight is 547 g/mol. The number of carbonyl (C=O) groups excluding carboxylic acids is 1. The molecule has 0 unspecified atom stereocenters. The Labute approximate surface area is 234 Å². The predicted octanol–water partition coefficient (Wildman–Crippen LogP) is 8.71. The van der Waals surface area contributed by atoms with Gasteiger partial charge < -0.3 is 9.64 Å². The Morgan fingerprint density at radius 1 is 1.08 bits per heavy atom. The number of hydrogen-bond donors (Lipinski definition) is 0. The molecule has 5 rings (SSSR count). The van der Waals surface area contributed by atoms with Gasteiger partial charge in [0.2, 0.25) is 0 Å². The molecule has 0 atom stereocenters. The molecular formula is C32H35ClN2O2S. The van der Waals surface area contributed by atoms with E-state index in [0.29, 0.717) is 28.9 Å². The molecule has 1 saturated carbocycles. The minimum Gasteiger partial charge on any atom is -0.496 e. The molecule has 1 amide bonds. The van der Waals surface area contributed by atoms with Gasteiger partial charge in [-0.15, -0.1) is 11.3 Å². The number of methoxy groups -OCH3 is 1. The molecule has 4 nitrogen and oxygen atoms in total. The van der Waals surface area contributed by atoms with Crippen molar-refractivity contribution in [1.29, 1.82) is 0 Å². The fraction of sp³-hybridized carbons (Fsp3) is 0.375. The third kappa shape index (κ3) is 5.60. The van der Waals surface area contributed by atoms with Gasteiger partial charge in [0, 0.05) is 45.7 Å². The summed E-state index contributed by atoms with van der Waals surface area (Å²) < 4.78 is 6.81. The quantitative estimate of drug-likeness (QED) is 0.233. The van der Waals surface area contributed by atoms with Crippen LogP contribution in [0, 0.1) is 25.7 Å². The highest BCUT2D eigenvalue weighted by Crippen LogP contribution is 2.38. The van der Waals surface area contributed by atoms with Gasteiger partial charge in [0.25, 0.3) is 5.91 Å². The maximum absolute atomic E-state index is 14.1. The van der Waals surface area contributed by atoms with E-state index in [0.717, 1.165) is 62.7 Å². The maximum atomic E-state index is 14.1. The lowest BCUT2D eigenvalue weighted by atomic mass is 9.82. The van der Waals surface area contributed by atoms with Crippen molar-refractivity contribution in [2.75, 3.05) is 13.7 Å². The minimum atomic E-state index is -0.00420. The Kier molecular flexibility index (Phi) is 8.06. The maximum Gasteiger partial charge on any atom is 0.265 e. The van der Waals surface area contributed by atoms with Crippen LogP contribution < -0.4 is 4.74 Å². The van der Waals surface area contributed by atoms with E-state index in [2.05, 4.69) is 30.1 Å². The highest BCUT2D eigenvalue weighted by Gasteiger charge is 2.28. The molecule has 0 radical (unpaired) electrons.